The Labute approximate surface area is 94.7 Å². The Bertz CT molecular complexity index is 567. The average Bonchev–Trinajstić information content (AvgIpc) is 2.36. The third kappa shape index (κ3) is 1.59. The molecule has 1 N–H and O–H groups in total. The number of para-hydroxylation sites is 1. The zero-order valence-corrected chi connectivity index (χ0v) is 9.41. The number of hydrogen-bond acceptors (Lipinski definition) is 3. The number of aryl methyl sites for hydroxylation is 1. The molecule has 0 aliphatic carbocycles. The molecular formula is C13H13N3. The lowest BCUT2D eigenvalue weighted by atomic mass is 10.1. The van der Waals surface area contributed by atoms with E-state index in [9.17, 15) is 0 Å². The smallest absolute Gasteiger partial charge is 0.143 e. The highest BCUT2D eigenvalue weighted by molar-refractivity contribution is 5.93. The van der Waals surface area contributed by atoms with Crippen LogP contribution in [0.25, 0.3) is 10.9 Å². The van der Waals surface area contributed by atoms with Gasteiger partial charge in [-0.1, -0.05) is 25.1 Å². The second-order valence-corrected chi connectivity index (χ2v) is 3.58. The molecule has 2 rings (SSSR count). The van der Waals surface area contributed by atoms with Gasteiger partial charge in [-0.15, -0.1) is 0 Å². The molecule has 1 heterocycles. The summed E-state index contributed by atoms with van der Waals surface area (Å²) in [5, 5.41) is 13.1. The van der Waals surface area contributed by atoms with Crippen LogP contribution >= 0.6 is 0 Å². The highest BCUT2D eigenvalue weighted by Gasteiger charge is 2.07. The first-order chi connectivity index (χ1) is 7.80. The highest BCUT2D eigenvalue weighted by atomic mass is 14.8. The molecule has 0 aliphatic rings. The number of benzene rings is 1. The minimum absolute atomic E-state index is 0.456. The van der Waals surface area contributed by atoms with Crippen molar-refractivity contribution < 1.29 is 0 Å². The molecule has 3 heteroatoms. The Morgan fingerprint density at radius 2 is 2.25 bits per heavy atom. The molecule has 0 unspecified atom stereocenters. The molecule has 0 saturated heterocycles. The maximum Gasteiger partial charge on any atom is 0.143 e. The van der Waals surface area contributed by atoms with E-state index in [-0.39, 0.29) is 0 Å². The summed E-state index contributed by atoms with van der Waals surface area (Å²) in [6.45, 7) is 2.09. The van der Waals surface area contributed by atoms with Crippen molar-refractivity contribution in [2.24, 2.45) is 0 Å². The molecule has 80 valence electrons. The summed E-state index contributed by atoms with van der Waals surface area (Å²) in [5.74, 6) is 0. The molecule has 0 aliphatic heterocycles. The number of rotatable bonds is 2. The van der Waals surface area contributed by atoms with Crippen molar-refractivity contribution in [1.82, 2.24) is 4.98 Å². The van der Waals surface area contributed by atoms with E-state index in [1.165, 1.54) is 5.56 Å². The van der Waals surface area contributed by atoms with Crippen LogP contribution in [-0.4, -0.2) is 12.0 Å². The van der Waals surface area contributed by atoms with Gasteiger partial charge in [0.05, 0.1) is 5.52 Å². The van der Waals surface area contributed by atoms with E-state index in [0.29, 0.717) is 5.69 Å². The van der Waals surface area contributed by atoms with Gasteiger partial charge in [0.1, 0.15) is 11.8 Å². The van der Waals surface area contributed by atoms with Crippen LogP contribution in [0.4, 0.5) is 5.69 Å². The van der Waals surface area contributed by atoms with Crippen LogP contribution in [0, 0.1) is 11.3 Å². The van der Waals surface area contributed by atoms with E-state index in [1.807, 2.05) is 19.2 Å². The molecule has 2 aromatic rings. The fraction of sp³-hybridized carbons (Fsp3) is 0.231. The van der Waals surface area contributed by atoms with E-state index in [1.54, 1.807) is 6.07 Å². The van der Waals surface area contributed by atoms with Gasteiger partial charge in [0.25, 0.3) is 0 Å². The van der Waals surface area contributed by atoms with Crippen LogP contribution in [0.3, 0.4) is 0 Å². The van der Waals surface area contributed by atoms with Gasteiger partial charge in [0.15, 0.2) is 0 Å². The maximum atomic E-state index is 8.94. The molecule has 0 spiro atoms. The minimum atomic E-state index is 0.456. The summed E-state index contributed by atoms with van der Waals surface area (Å²) >= 11 is 0. The fourth-order valence-corrected chi connectivity index (χ4v) is 1.86. The van der Waals surface area contributed by atoms with E-state index in [4.69, 9.17) is 5.26 Å². The number of nitriles is 1. The van der Waals surface area contributed by atoms with Crippen molar-refractivity contribution in [2.45, 2.75) is 13.3 Å². The Kier molecular flexibility index (Phi) is 2.74. The average molecular weight is 211 g/mol. The summed E-state index contributed by atoms with van der Waals surface area (Å²) in [4.78, 5) is 4.37. The molecule has 0 radical (unpaired) electrons. The molecule has 3 nitrogen and oxygen atoms in total. The van der Waals surface area contributed by atoms with Crippen molar-refractivity contribution in [3.05, 3.63) is 35.5 Å². The summed E-state index contributed by atoms with van der Waals surface area (Å²) in [6, 6.07) is 9.97. The van der Waals surface area contributed by atoms with Crippen molar-refractivity contribution in [3.63, 3.8) is 0 Å². The van der Waals surface area contributed by atoms with Gasteiger partial charge >= 0.3 is 0 Å². The molecule has 1 aromatic heterocycles. The number of nitrogens with zero attached hydrogens (tertiary/aromatic N) is 2. The predicted molar refractivity (Wildman–Crippen MR) is 65.4 cm³/mol. The molecule has 1 aromatic carbocycles. The van der Waals surface area contributed by atoms with Gasteiger partial charge < -0.3 is 5.32 Å². The normalized spacial score (nSPS) is 10.1. The molecular weight excluding hydrogens is 198 g/mol. The van der Waals surface area contributed by atoms with Crippen LogP contribution in [0.2, 0.25) is 0 Å². The quantitative estimate of drug-likeness (QED) is 0.830. The van der Waals surface area contributed by atoms with Gasteiger partial charge in [-0.25, -0.2) is 4.98 Å². The number of anilines is 1. The molecule has 0 saturated carbocycles. The maximum absolute atomic E-state index is 8.94. The lowest BCUT2D eigenvalue weighted by Gasteiger charge is -2.08. The first-order valence-corrected chi connectivity index (χ1v) is 5.30. The zero-order chi connectivity index (χ0) is 11.5. The first-order valence-electron chi connectivity index (χ1n) is 5.30. The van der Waals surface area contributed by atoms with Crippen LogP contribution in [-0.2, 0) is 6.42 Å². The topological polar surface area (TPSA) is 48.7 Å². The van der Waals surface area contributed by atoms with E-state index < -0.39 is 0 Å². The number of fused-ring (bicyclic) bond motifs is 1. The van der Waals surface area contributed by atoms with E-state index in [2.05, 4.69) is 29.4 Å². The van der Waals surface area contributed by atoms with Gasteiger partial charge in [-0.3, -0.25) is 0 Å². The lowest BCUT2D eigenvalue weighted by molar-refractivity contribution is 1.14. The standard InChI is InChI=1S/C13H13N3/c1-3-9-5-4-6-11-12(15-2)7-10(8-14)16-13(9)11/h4-7H,3H2,1-2H3,(H,15,16). The summed E-state index contributed by atoms with van der Waals surface area (Å²) in [6.07, 6.45) is 0.919. The van der Waals surface area contributed by atoms with Crippen molar-refractivity contribution in [2.75, 3.05) is 12.4 Å². The molecule has 0 amide bonds. The largest absolute Gasteiger partial charge is 0.387 e. The predicted octanol–water partition coefficient (Wildman–Crippen LogP) is 2.71. The van der Waals surface area contributed by atoms with E-state index in [0.717, 1.165) is 23.0 Å². The van der Waals surface area contributed by atoms with Crippen molar-refractivity contribution in [1.29, 1.82) is 5.26 Å². The summed E-state index contributed by atoms with van der Waals surface area (Å²) < 4.78 is 0. The molecule has 0 atom stereocenters. The Hall–Kier alpha value is -2.08. The highest BCUT2D eigenvalue weighted by Crippen LogP contribution is 2.25. The lowest BCUT2D eigenvalue weighted by Crippen LogP contribution is -1.96. The summed E-state index contributed by atoms with van der Waals surface area (Å²) in [7, 11) is 1.86. The number of hydrogen-bond donors (Lipinski definition) is 1. The number of aromatic nitrogens is 1. The van der Waals surface area contributed by atoms with Crippen LogP contribution in [0.1, 0.15) is 18.2 Å². The van der Waals surface area contributed by atoms with Crippen molar-refractivity contribution in [3.8, 4) is 6.07 Å². The van der Waals surface area contributed by atoms with Crippen molar-refractivity contribution >= 4 is 16.6 Å². The monoisotopic (exact) mass is 211 g/mol. The Morgan fingerprint density at radius 3 is 2.88 bits per heavy atom. The van der Waals surface area contributed by atoms with Crippen LogP contribution in [0.5, 0.6) is 0 Å². The zero-order valence-electron chi connectivity index (χ0n) is 9.41. The number of nitrogens with one attached hydrogen (secondary N) is 1. The van der Waals surface area contributed by atoms with Gasteiger partial charge in [0.2, 0.25) is 0 Å². The second-order valence-electron chi connectivity index (χ2n) is 3.58. The number of pyridine rings is 1. The molecule has 16 heavy (non-hydrogen) atoms. The van der Waals surface area contributed by atoms with Gasteiger partial charge in [-0.05, 0) is 18.1 Å². The third-order valence-electron chi connectivity index (χ3n) is 2.69. The SMILES string of the molecule is CCc1cccc2c(NC)cc(C#N)nc12. The first kappa shape index (κ1) is 10.4. The summed E-state index contributed by atoms with van der Waals surface area (Å²) in [5.41, 5.74) is 3.51. The van der Waals surface area contributed by atoms with Gasteiger partial charge in [-0.2, -0.15) is 5.26 Å². The molecule has 0 fully saturated rings. The van der Waals surface area contributed by atoms with Crippen LogP contribution < -0.4 is 5.32 Å². The Balaban J connectivity index is 2.85. The van der Waals surface area contributed by atoms with E-state index >= 15 is 0 Å². The van der Waals surface area contributed by atoms with Gasteiger partial charge in [0, 0.05) is 18.1 Å². The van der Waals surface area contributed by atoms with Crippen LogP contribution in [0.15, 0.2) is 24.3 Å². The molecule has 0 bridgehead atoms. The Morgan fingerprint density at radius 1 is 1.44 bits per heavy atom. The third-order valence-corrected chi connectivity index (χ3v) is 2.69. The fourth-order valence-electron chi connectivity index (χ4n) is 1.86. The minimum Gasteiger partial charge on any atom is -0.387 e. The second kappa shape index (κ2) is 4.19.